The molecule has 3 aromatic carbocycles. The molecule has 0 radical (unpaired) electrons. The fourth-order valence-electron chi connectivity index (χ4n) is 3.06. The minimum Gasteiger partial charge on any atom is -0.207 e. The van der Waals surface area contributed by atoms with Gasteiger partial charge in [-0.25, -0.2) is 4.39 Å². The Balaban J connectivity index is 1.97. The first kappa shape index (κ1) is 11.4. The van der Waals surface area contributed by atoms with E-state index in [9.17, 15) is 4.39 Å². The molecule has 4 rings (SSSR count). The van der Waals surface area contributed by atoms with E-state index in [0.29, 0.717) is 0 Å². The third-order valence-electron chi connectivity index (χ3n) is 3.97. The highest BCUT2D eigenvalue weighted by Gasteiger charge is 2.21. The van der Waals surface area contributed by atoms with E-state index in [1.165, 1.54) is 39.9 Å². The smallest absolute Gasteiger partial charge is 0.123 e. The van der Waals surface area contributed by atoms with Crippen LogP contribution in [0.1, 0.15) is 11.1 Å². The van der Waals surface area contributed by atoms with E-state index >= 15 is 0 Å². The Bertz CT molecular complexity index is 785. The normalized spacial score (nSPS) is 12.1. The molecule has 20 heavy (non-hydrogen) atoms. The van der Waals surface area contributed by atoms with Crippen LogP contribution in [-0.4, -0.2) is 0 Å². The Morgan fingerprint density at radius 1 is 0.650 bits per heavy atom. The molecule has 0 fully saturated rings. The van der Waals surface area contributed by atoms with E-state index in [1.54, 1.807) is 0 Å². The minimum absolute atomic E-state index is 0.193. The van der Waals surface area contributed by atoms with E-state index in [-0.39, 0.29) is 5.82 Å². The number of fused-ring (bicyclic) bond motifs is 3. The summed E-state index contributed by atoms with van der Waals surface area (Å²) in [6, 6.07) is 21.7. The highest BCUT2D eigenvalue weighted by Crippen LogP contribution is 2.42. The molecule has 0 saturated carbocycles. The fraction of sp³-hybridized carbons (Fsp3) is 0.0526. The van der Waals surface area contributed by atoms with Crippen molar-refractivity contribution in [3.63, 3.8) is 0 Å². The summed E-state index contributed by atoms with van der Waals surface area (Å²) in [4.78, 5) is 0. The Labute approximate surface area is 117 Å². The van der Waals surface area contributed by atoms with E-state index in [1.807, 2.05) is 12.1 Å². The molecule has 0 saturated heterocycles. The van der Waals surface area contributed by atoms with Crippen LogP contribution in [0.4, 0.5) is 4.39 Å². The standard InChI is InChI=1S/C19H13F/c20-16-10-8-13(9-11-16)17-7-3-5-15-12-14-4-1-2-6-18(14)19(15)17/h1-11H,12H2. The summed E-state index contributed by atoms with van der Waals surface area (Å²) in [7, 11) is 0. The quantitative estimate of drug-likeness (QED) is 0.448. The molecule has 0 bridgehead atoms. The minimum atomic E-state index is -0.193. The van der Waals surface area contributed by atoms with Crippen molar-refractivity contribution in [3.8, 4) is 22.3 Å². The summed E-state index contributed by atoms with van der Waals surface area (Å²) < 4.78 is 13.1. The summed E-state index contributed by atoms with van der Waals surface area (Å²) >= 11 is 0. The summed E-state index contributed by atoms with van der Waals surface area (Å²) in [6.45, 7) is 0. The van der Waals surface area contributed by atoms with Gasteiger partial charge < -0.3 is 0 Å². The lowest BCUT2D eigenvalue weighted by atomic mass is 9.94. The molecular weight excluding hydrogens is 247 g/mol. The summed E-state index contributed by atoms with van der Waals surface area (Å²) in [5.74, 6) is -0.193. The van der Waals surface area contributed by atoms with Crippen LogP contribution >= 0.6 is 0 Å². The van der Waals surface area contributed by atoms with Crippen LogP contribution in [0.5, 0.6) is 0 Å². The molecule has 1 heteroatoms. The number of rotatable bonds is 1. The molecule has 0 aromatic heterocycles. The van der Waals surface area contributed by atoms with Gasteiger partial charge in [-0.1, -0.05) is 54.6 Å². The SMILES string of the molecule is Fc1ccc(-c2cccc3c2-c2ccccc2C3)cc1. The Kier molecular flexibility index (Phi) is 2.46. The third-order valence-corrected chi connectivity index (χ3v) is 3.97. The molecule has 0 heterocycles. The van der Waals surface area contributed by atoms with Gasteiger partial charge in [0.05, 0.1) is 0 Å². The van der Waals surface area contributed by atoms with Gasteiger partial charge in [0.2, 0.25) is 0 Å². The second-order valence-corrected chi connectivity index (χ2v) is 5.18. The molecule has 0 atom stereocenters. The zero-order chi connectivity index (χ0) is 13.5. The lowest BCUT2D eigenvalue weighted by Gasteiger charge is -2.10. The molecule has 1 aliphatic rings. The van der Waals surface area contributed by atoms with Gasteiger partial charge in [0.1, 0.15) is 5.82 Å². The maximum atomic E-state index is 13.1. The number of hydrogen-bond donors (Lipinski definition) is 0. The van der Waals surface area contributed by atoms with Crippen molar-refractivity contribution in [1.29, 1.82) is 0 Å². The Morgan fingerprint density at radius 3 is 2.20 bits per heavy atom. The van der Waals surface area contributed by atoms with Gasteiger partial charge in [-0.05, 0) is 51.9 Å². The second kappa shape index (κ2) is 4.31. The summed E-state index contributed by atoms with van der Waals surface area (Å²) in [5, 5.41) is 0. The average molecular weight is 260 g/mol. The van der Waals surface area contributed by atoms with Gasteiger partial charge in [-0.15, -0.1) is 0 Å². The zero-order valence-electron chi connectivity index (χ0n) is 10.9. The van der Waals surface area contributed by atoms with Gasteiger partial charge in [0, 0.05) is 0 Å². The molecule has 3 aromatic rings. The van der Waals surface area contributed by atoms with Crippen molar-refractivity contribution in [2.45, 2.75) is 6.42 Å². The summed E-state index contributed by atoms with van der Waals surface area (Å²) in [6.07, 6.45) is 0.987. The number of hydrogen-bond acceptors (Lipinski definition) is 0. The molecule has 96 valence electrons. The molecule has 0 spiro atoms. The predicted octanol–water partition coefficient (Wildman–Crippen LogP) is 5.06. The van der Waals surface area contributed by atoms with Crippen LogP contribution in [-0.2, 0) is 6.42 Å². The van der Waals surface area contributed by atoms with Crippen molar-refractivity contribution in [2.75, 3.05) is 0 Å². The van der Waals surface area contributed by atoms with Crippen molar-refractivity contribution in [2.24, 2.45) is 0 Å². The number of benzene rings is 3. The zero-order valence-corrected chi connectivity index (χ0v) is 10.9. The molecular formula is C19H13F. The van der Waals surface area contributed by atoms with E-state index < -0.39 is 0 Å². The first-order valence-corrected chi connectivity index (χ1v) is 6.79. The van der Waals surface area contributed by atoms with E-state index in [2.05, 4.69) is 42.5 Å². The Hall–Kier alpha value is -2.41. The van der Waals surface area contributed by atoms with Gasteiger partial charge in [-0.2, -0.15) is 0 Å². The second-order valence-electron chi connectivity index (χ2n) is 5.18. The van der Waals surface area contributed by atoms with Crippen molar-refractivity contribution >= 4 is 0 Å². The Morgan fingerprint density at radius 2 is 1.35 bits per heavy atom. The molecule has 0 amide bonds. The average Bonchev–Trinajstić information content (AvgIpc) is 2.86. The maximum absolute atomic E-state index is 13.1. The third kappa shape index (κ3) is 1.67. The molecule has 0 aliphatic heterocycles. The maximum Gasteiger partial charge on any atom is 0.123 e. The molecule has 0 N–H and O–H groups in total. The van der Waals surface area contributed by atoms with Crippen LogP contribution in [0.25, 0.3) is 22.3 Å². The first-order chi connectivity index (χ1) is 9.83. The number of halogens is 1. The van der Waals surface area contributed by atoms with Gasteiger partial charge in [0.15, 0.2) is 0 Å². The van der Waals surface area contributed by atoms with E-state index in [0.717, 1.165) is 12.0 Å². The highest BCUT2D eigenvalue weighted by molar-refractivity contribution is 5.90. The molecule has 1 aliphatic carbocycles. The summed E-state index contributed by atoms with van der Waals surface area (Å²) in [5.41, 5.74) is 7.59. The van der Waals surface area contributed by atoms with Crippen molar-refractivity contribution in [1.82, 2.24) is 0 Å². The first-order valence-electron chi connectivity index (χ1n) is 6.79. The highest BCUT2D eigenvalue weighted by atomic mass is 19.1. The topological polar surface area (TPSA) is 0 Å². The van der Waals surface area contributed by atoms with Crippen molar-refractivity contribution in [3.05, 3.63) is 83.7 Å². The van der Waals surface area contributed by atoms with Gasteiger partial charge >= 0.3 is 0 Å². The van der Waals surface area contributed by atoms with E-state index in [4.69, 9.17) is 0 Å². The predicted molar refractivity (Wildman–Crippen MR) is 80.1 cm³/mol. The van der Waals surface area contributed by atoms with Gasteiger partial charge in [0.25, 0.3) is 0 Å². The largest absolute Gasteiger partial charge is 0.207 e. The van der Waals surface area contributed by atoms with Crippen molar-refractivity contribution < 1.29 is 4.39 Å². The van der Waals surface area contributed by atoms with Crippen LogP contribution < -0.4 is 0 Å². The lowest BCUT2D eigenvalue weighted by molar-refractivity contribution is 0.628. The van der Waals surface area contributed by atoms with Crippen LogP contribution in [0.15, 0.2) is 66.7 Å². The molecule has 0 unspecified atom stereocenters. The molecule has 0 nitrogen and oxygen atoms in total. The van der Waals surface area contributed by atoms with Crippen LogP contribution in [0.2, 0.25) is 0 Å². The van der Waals surface area contributed by atoms with Gasteiger partial charge in [-0.3, -0.25) is 0 Å². The monoisotopic (exact) mass is 260 g/mol. The lowest BCUT2D eigenvalue weighted by Crippen LogP contribution is -1.86. The van der Waals surface area contributed by atoms with Crippen LogP contribution in [0.3, 0.4) is 0 Å². The van der Waals surface area contributed by atoms with Crippen LogP contribution in [0, 0.1) is 5.82 Å². The fourth-order valence-corrected chi connectivity index (χ4v) is 3.06.